The van der Waals surface area contributed by atoms with Crippen molar-refractivity contribution in [2.75, 3.05) is 37.0 Å². The first-order valence-electron chi connectivity index (χ1n) is 15.5. The van der Waals surface area contributed by atoms with Crippen molar-refractivity contribution in [2.24, 2.45) is 0 Å². The fourth-order valence-corrected chi connectivity index (χ4v) is 5.92. The number of carbonyl (C=O) groups excluding carboxylic acids is 2. The molecule has 9 heteroatoms. The Hall–Kier alpha value is -4.63. The molecule has 240 valence electrons. The lowest BCUT2D eigenvalue weighted by Crippen LogP contribution is -2.46. The van der Waals surface area contributed by atoms with E-state index in [0.717, 1.165) is 55.7 Å². The van der Waals surface area contributed by atoms with Crippen molar-refractivity contribution >= 4 is 23.3 Å². The van der Waals surface area contributed by atoms with Crippen molar-refractivity contribution < 1.29 is 27.5 Å². The maximum absolute atomic E-state index is 13.2. The molecule has 0 saturated carbocycles. The summed E-state index contributed by atoms with van der Waals surface area (Å²) in [4.78, 5) is 30.8. The Morgan fingerprint density at radius 1 is 0.891 bits per heavy atom. The topological polar surface area (TPSA) is 61.9 Å². The van der Waals surface area contributed by atoms with E-state index < -0.39 is 17.8 Å². The van der Waals surface area contributed by atoms with E-state index in [1.165, 1.54) is 12.1 Å². The molecule has 4 aromatic rings. The molecule has 1 N–H and O–H groups in total. The Morgan fingerprint density at radius 2 is 1.52 bits per heavy atom. The van der Waals surface area contributed by atoms with Gasteiger partial charge in [0, 0.05) is 36.1 Å². The second-order valence-electron chi connectivity index (χ2n) is 11.5. The largest absolute Gasteiger partial charge is 0.464 e. The van der Waals surface area contributed by atoms with Gasteiger partial charge in [-0.3, -0.25) is 9.69 Å². The van der Waals surface area contributed by atoms with Gasteiger partial charge in [-0.25, -0.2) is 4.79 Å². The van der Waals surface area contributed by atoms with E-state index in [4.69, 9.17) is 4.74 Å². The number of halogens is 3. The number of hydrogen-bond acceptors (Lipinski definition) is 5. The molecule has 46 heavy (non-hydrogen) atoms. The molecule has 1 aliphatic heterocycles. The number of piperidine rings is 1. The highest BCUT2D eigenvalue weighted by molar-refractivity contribution is 6.08. The third-order valence-corrected chi connectivity index (χ3v) is 8.42. The molecule has 1 amide bonds. The lowest BCUT2D eigenvalue weighted by atomic mass is 9.98. The number of amides is 1. The minimum atomic E-state index is -4.43. The van der Waals surface area contributed by atoms with Crippen molar-refractivity contribution in [3.63, 3.8) is 0 Å². The molecule has 0 spiro atoms. The van der Waals surface area contributed by atoms with E-state index in [1.54, 1.807) is 24.3 Å². The van der Waals surface area contributed by atoms with Crippen LogP contribution in [-0.4, -0.2) is 49.6 Å². The molecular formula is C37H38F3N3O3. The molecule has 5 rings (SSSR count). The van der Waals surface area contributed by atoms with Crippen LogP contribution in [0, 0.1) is 0 Å². The minimum Gasteiger partial charge on any atom is -0.464 e. The summed E-state index contributed by atoms with van der Waals surface area (Å²) in [6, 6.07) is 28.8. The Balaban J connectivity index is 1.21. The summed E-state index contributed by atoms with van der Waals surface area (Å²) in [5, 5.41) is 2.92. The molecular weight excluding hydrogens is 591 g/mol. The Kier molecular flexibility index (Phi) is 10.4. The zero-order chi connectivity index (χ0) is 32.7. The van der Waals surface area contributed by atoms with Crippen LogP contribution in [0.5, 0.6) is 0 Å². The first-order chi connectivity index (χ1) is 22.2. The van der Waals surface area contributed by atoms with Gasteiger partial charge in [-0.1, -0.05) is 67.6 Å². The van der Waals surface area contributed by atoms with Gasteiger partial charge in [-0.05, 0) is 85.5 Å². The SMILES string of the molecule is CCCOC(=O)C(c1ccccc1)N(C)C1CCN(c2ccc(NC(=O)c3ccccc3-c3ccc(C(F)(F)F)cc3)cc2)CC1. The molecule has 1 fully saturated rings. The van der Waals surface area contributed by atoms with E-state index in [0.29, 0.717) is 29.0 Å². The van der Waals surface area contributed by atoms with Gasteiger partial charge < -0.3 is 15.0 Å². The number of nitrogens with one attached hydrogen (secondary N) is 1. The van der Waals surface area contributed by atoms with Gasteiger partial charge in [0.05, 0.1) is 12.2 Å². The van der Waals surface area contributed by atoms with Crippen molar-refractivity contribution in [3.05, 3.63) is 120 Å². The Bertz CT molecular complexity index is 1600. The van der Waals surface area contributed by atoms with Crippen LogP contribution in [0.25, 0.3) is 11.1 Å². The van der Waals surface area contributed by atoms with Gasteiger partial charge in [0.15, 0.2) is 0 Å². The molecule has 4 aromatic carbocycles. The van der Waals surface area contributed by atoms with Crippen LogP contribution < -0.4 is 10.2 Å². The van der Waals surface area contributed by atoms with Crippen molar-refractivity contribution in [1.82, 2.24) is 4.90 Å². The molecule has 1 unspecified atom stereocenters. The molecule has 0 radical (unpaired) electrons. The number of benzene rings is 4. The number of nitrogens with zero attached hydrogens (tertiary/aromatic N) is 2. The predicted molar refractivity (Wildman–Crippen MR) is 175 cm³/mol. The number of ether oxygens (including phenoxy) is 1. The van der Waals surface area contributed by atoms with Gasteiger partial charge in [-0.15, -0.1) is 0 Å². The van der Waals surface area contributed by atoms with Crippen molar-refractivity contribution in [1.29, 1.82) is 0 Å². The standard InChI is InChI=1S/C37H38F3N3O3/c1-3-25-46-36(45)34(27-9-5-4-6-10-27)42(2)30-21-23-43(24-22-30)31-19-17-29(18-20-31)41-35(44)33-12-8-7-11-32(33)26-13-15-28(16-14-26)37(38,39)40/h4-20,30,34H,3,21-25H2,1-2H3,(H,41,44). The number of anilines is 2. The summed E-state index contributed by atoms with van der Waals surface area (Å²) in [6.07, 6.45) is -1.91. The second kappa shape index (κ2) is 14.6. The van der Waals surface area contributed by atoms with Gasteiger partial charge in [0.2, 0.25) is 0 Å². The van der Waals surface area contributed by atoms with E-state index in [-0.39, 0.29) is 17.9 Å². The van der Waals surface area contributed by atoms with Crippen LogP contribution in [0.1, 0.15) is 53.7 Å². The lowest BCUT2D eigenvalue weighted by Gasteiger charge is -2.40. The van der Waals surface area contributed by atoms with Crippen LogP contribution in [0.3, 0.4) is 0 Å². The summed E-state index contributed by atoms with van der Waals surface area (Å²) < 4.78 is 44.7. The number of hydrogen-bond donors (Lipinski definition) is 1. The van der Waals surface area contributed by atoms with Crippen LogP contribution in [0.4, 0.5) is 24.5 Å². The van der Waals surface area contributed by atoms with E-state index in [9.17, 15) is 22.8 Å². The minimum absolute atomic E-state index is 0.207. The third-order valence-electron chi connectivity index (χ3n) is 8.42. The summed E-state index contributed by atoms with van der Waals surface area (Å²) >= 11 is 0. The fraction of sp³-hybridized carbons (Fsp3) is 0.297. The number of likely N-dealkylation sites (N-methyl/N-ethyl adjacent to an activating group) is 1. The van der Waals surface area contributed by atoms with E-state index in [1.807, 2.05) is 68.6 Å². The van der Waals surface area contributed by atoms with Crippen LogP contribution in [0.2, 0.25) is 0 Å². The zero-order valence-electron chi connectivity index (χ0n) is 26.0. The van der Waals surface area contributed by atoms with Crippen LogP contribution in [-0.2, 0) is 15.7 Å². The monoisotopic (exact) mass is 629 g/mol. The van der Waals surface area contributed by atoms with Crippen LogP contribution >= 0.6 is 0 Å². The third kappa shape index (κ3) is 7.77. The van der Waals surface area contributed by atoms with Gasteiger partial charge in [0.1, 0.15) is 6.04 Å². The maximum atomic E-state index is 13.2. The van der Waals surface area contributed by atoms with E-state index in [2.05, 4.69) is 15.1 Å². The first-order valence-corrected chi connectivity index (χ1v) is 15.5. The smallest absolute Gasteiger partial charge is 0.416 e. The van der Waals surface area contributed by atoms with Gasteiger partial charge in [-0.2, -0.15) is 13.2 Å². The fourth-order valence-electron chi connectivity index (χ4n) is 5.92. The molecule has 0 bridgehead atoms. The molecule has 6 nitrogen and oxygen atoms in total. The molecule has 0 aliphatic carbocycles. The predicted octanol–water partition coefficient (Wildman–Crippen LogP) is 8.22. The van der Waals surface area contributed by atoms with Crippen molar-refractivity contribution in [3.8, 4) is 11.1 Å². The molecule has 1 aliphatic rings. The Labute approximate surface area is 267 Å². The summed E-state index contributed by atoms with van der Waals surface area (Å²) in [5.74, 6) is -0.574. The normalized spacial score (nSPS) is 14.6. The number of rotatable bonds is 10. The summed E-state index contributed by atoms with van der Waals surface area (Å²) in [7, 11) is 2.00. The quantitative estimate of drug-likeness (QED) is 0.179. The number of alkyl halides is 3. The average molecular weight is 630 g/mol. The number of esters is 1. The maximum Gasteiger partial charge on any atom is 0.416 e. The lowest BCUT2D eigenvalue weighted by molar-refractivity contribution is -0.151. The number of carbonyl (C=O) groups is 2. The average Bonchev–Trinajstić information content (AvgIpc) is 3.08. The zero-order valence-corrected chi connectivity index (χ0v) is 26.0. The van der Waals surface area contributed by atoms with Crippen molar-refractivity contribution in [2.45, 2.75) is 44.4 Å². The Morgan fingerprint density at radius 3 is 2.15 bits per heavy atom. The highest BCUT2D eigenvalue weighted by Gasteiger charge is 2.33. The summed E-state index contributed by atoms with van der Waals surface area (Å²) in [6.45, 7) is 4.01. The molecule has 1 saturated heterocycles. The highest BCUT2D eigenvalue weighted by atomic mass is 19.4. The molecule has 1 heterocycles. The van der Waals surface area contributed by atoms with Gasteiger partial charge >= 0.3 is 12.1 Å². The summed E-state index contributed by atoms with van der Waals surface area (Å²) in [5.41, 5.74) is 3.27. The highest BCUT2D eigenvalue weighted by Crippen LogP contribution is 2.33. The molecule has 1 atom stereocenters. The van der Waals surface area contributed by atoms with E-state index >= 15 is 0 Å². The second-order valence-corrected chi connectivity index (χ2v) is 11.5. The molecule has 0 aromatic heterocycles. The van der Waals surface area contributed by atoms with Gasteiger partial charge in [0.25, 0.3) is 5.91 Å². The van der Waals surface area contributed by atoms with Crippen LogP contribution in [0.15, 0.2) is 103 Å². The first kappa shape index (κ1) is 32.8.